The largest absolute Gasteiger partial charge is 0.480 e. The molecule has 1 aliphatic heterocycles. The molecule has 1 atom stereocenters. The number of halogens is 1. The third-order valence-electron chi connectivity index (χ3n) is 2.93. The predicted octanol–water partition coefficient (Wildman–Crippen LogP) is 1.04. The van der Waals surface area contributed by atoms with E-state index in [0.29, 0.717) is 10.7 Å². The summed E-state index contributed by atoms with van der Waals surface area (Å²) in [5.74, 6) is -1.12. The van der Waals surface area contributed by atoms with Gasteiger partial charge in [0.2, 0.25) is 5.91 Å². The lowest BCUT2D eigenvalue weighted by Crippen LogP contribution is -2.57. The third kappa shape index (κ3) is 2.47. The molecule has 1 amide bonds. The first kappa shape index (κ1) is 12.9. The van der Waals surface area contributed by atoms with Crippen molar-refractivity contribution in [1.82, 2.24) is 5.32 Å². The molecule has 0 spiro atoms. The Hall–Kier alpha value is -1.59. The lowest BCUT2D eigenvalue weighted by Gasteiger charge is -2.32. The summed E-state index contributed by atoms with van der Waals surface area (Å²) in [6, 6.07) is 4.48. The summed E-state index contributed by atoms with van der Waals surface area (Å²) in [7, 11) is 0. The molecule has 96 valence electrons. The molecular formula is C12H13ClN2O3. The lowest BCUT2D eigenvalue weighted by molar-refractivity contribution is -0.139. The van der Waals surface area contributed by atoms with Crippen molar-refractivity contribution in [1.29, 1.82) is 0 Å². The Labute approximate surface area is 109 Å². The number of carbonyl (C=O) groups excluding carboxylic acids is 1. The maximum absolute atomic E-state index is 11.9. The summed E-state index contributed by atoms with van der Waals surface area (Å²) in [5.41, 5.74) is 1.55. The molecule has 1 fully saturated rings. The Morgan fingerprint density at radius 3 is 2.94 bits per heavy atom. The van der Waals surface area contributed by atoms with Crippen LogP contribution < -0.4 is 10.2 Å². The van der Waals surface area contributed by atoms with Crippen molar-refractivity contribution < 1.29 is 14.7 Å². The van der Waals surface area contributed by atoms with Crippen LogP contribution in [-0.4, -0.2) is 36.1 Å². The van der Waals surface area contributed by atoms with Gasteiger partial charge in [-0.3, -0.25) is 14.9 Å². The minimum atomic E-state index is -0.966. The highest BCUT2D eigenvalue weighted by Crippen LogP contribution is 2.25. The topological polar surface area (TPSA) is 69.6 Å². The first-order chi connectivity index (χ1) is 8.49. The first-order valence-electron chi connectivity index (χ1n) is 5.52. The molecule has 0 radical (unpaired) electrons. The van der Waals surface area contributed by atoms with Crippen molar-refractivity contribution in [2.24, 2.45) is 0 Å². The maximum Gasteiger partial charge on any atom is 0.322 e. The van der Waals surface area contributed by atoms with Crippen molar-refractivity contribution >= 4 is 29.2 Å². The zero-order chi connectivity index (χ0) is 13.3. The number of amides is 1. The summed E-state index contributed by atoms with van der Waals surface area (Å²) in [5, 5.41) is 12.2. The number of nitrogens with one attached hydrogen (secondary N) is 1. The van der Waals surface area contributed by atoms with Gasteiger partial charge in [-0.1, -0.05) is 17.7 Å². The van der Waals surface area contributed by atoms with E-state index >= 15 is 0 Å². The van der Waals surface area contributed by atoms with Crippen LogP contribution in [0.2, 0.25) is 5.02 Å². The second kappa shape index (κ2) is 4.96. The molecular weight excluding hydrogens is 256 g/mol. The van der Waals surface area contributed by atoms with Gasteiger partial charge in [-0.2, -0.15) is 0 Å². The molecule has 5 nitrogen and oxygen atoms in total. The van der Waals surface area contributed by atoms with Crippen molar-refractivity contribution in [3.63, 3.8) is 0 Å². The molecule has 1 aliphatic rings. The molecule has 0 aliphatic carbocycles. The van der Waals surface area contributed by atoms with Gasteiger partial charge in [0.05, 0.1) is 13.1 Å². The summed E-state index contributed by atoms with van der Waals surface area (Å²) in [6.45, 7) is 1.98. The fraction of sp³-hybridized carbons (Fsp3) is 0.333. The van der Waals surface area contributed by atoms with Crippen LogP contribution in [-0.2, 0) is 9.59 Å². The van der Waals surface area contributed by atoms with Gasteiger partial charge in [0.1, 0.15) is 6.04 Å². The van der Waals surface area contributed by atoms with Gasteiger partial charge in [-0.05, 0) is 24.6 Å². The van der Waals surface area contributed by atoms with E-state index in [0.717, 1.165) is 5.56 Å². The van der Waals surface area contributed by atoms with Gasteiger partial charge in [-0.25, -0.2) is 0 Å². The van der Waals surface area contributed by atoms with E-state index in [1.807, 2.05) is 13.0 Å². The molecule has 18 heavy (non-hydrogen) atoms. The molecule has 1 saturated heterocycles. The Morgan fingerprint density at radius 2 is 2.28 bits per heavy atom. The highest BCUT2D eigenvalue weighted by molar-refractivity contribution is 6.31. The Bertz CT molecular complexity index is 504. The van der Waals surface area contributed by atoms with Crippen LogP contribution in [0.25, 0.3) is 0 Å². The van der Waals surface area contributed by atoms with Crippen LogP contribution in [0, 0.1) is 6.92 Å². The number of aryl methyl sites for hydroxylation is 1. The third-order valence-corrected chi connectivity index (χ3v) is 3.16. The zero-order valence-corrected chi connectivity index (χ0v) is 10.6. The Balaban J connectivity index is 2.32. The standard InChI is InChI=1S/C12H13ClN2O3/c1-7-2-3-8(13)4-10(7)15-6-9(12(17)18)14-5-11(15)16/h2-4,9,14H,5-6H2,1H3,(H,17,18). The van der Waals surface area contributed by atoms with Crippen LogP contribution >= 0.6 is 11.6 Å². The molecule has 0 bridgehead atoms. The summed E-state index contributed by atoms with van der Waals surface area (Å²) >= 11 is 5.91. The highest BCUT2D eigenvalue weighted by Gasteiger charge is 2.31. The molecule has 2 N–H and O–H groups in total. The molecule has 1 unspecified atom stereocenters. The van der Waals surface area contributed by atoms with Crippen LogP contribution in [0.5, 0.6) is 0 Å². The number of carboxylic acid groups (broad SMARTS) is 1. The number of anilines is 1. The number of nitrogens with zero attached hydrogens (tertiary/aromatic N) is 1. The summed E-state index contributed by atoms with van der Waals surface area (Å²) < 4.78 is 0. The highest BCUT2D eigenvalue weighted by atomic mass is 35.5. The average Bonchev–Trinajstić information content (AvgIpc) is 2.33. The zero-order valence-electron chi connectivity index (χ0n) is 9.81. The van der Waals surface area contributed by atoms with E-state index in [4.69, 9.17) is 16.7 Å². The Kier molecular flexibility index (Phi) is 3.54. The van der Waals surface area contributed by atoms with Crippen LogP contribution in [0.4, 0.5) is 5.69 Å². The summed E-state index contributed by atoms with van der Waals surface area (Å²) in [4.78, 5) is 24.3. The molecule has 0 saturated carbocycles. The van der Waals surface area contributed by atoms with E-state index in [-0.39, 0.29) is 19.0 Å². The number of carbonyl (C=O) groups is 2. The van der Waals surface area contributed by atoms with E-state index < -0.39 is 12.0 Å². The van der Waals surface area contributed by atoms with Crippen molar-refractivity contribution in [2.75, 3.05) is 18.0 Å². The fourth-order valence-electron chi connectivity index (χ4n) is 1.93. The van der Waals surface area contributed by atoms with E-state index in [9.17, 15) is 9.59 Å². The van der Waals surface area contributed by atoms with Gasteiger partial charge in [0, 0.05) is 10.7 Å². The minimum Gasteiger partial charge on any atom is -0.480 e. The lowest BCUT2D eigenvalue weighted by atomic mass is 10.1. The Morgan fingerprint density at radius 1 is 1.56 bits per heavy atom. The maximum atomic E-state index is 11.9. The molecule has 1 aromatic rings. The van der Waals surface area contributed by atoms with Gasteiger partial charge >= 0.3 is 5.97 Å². The first-order valence-corrected chi connectivity index (χ1v) is 5.89. The number of hydrogen-bond acceptors (Lipinski definition) is 3. The van der Waals surface area contributed by atoms with E-state index in [1.54, 1.807) is 12.1 Å². The molecule has 2 rings (SSSR count). The second-order valence-corrected chi connectivity index (χ2v) is 4.64. The van der Waals surface area contributed by atoms with E-state index in [1.165, 1.54) is 4.90 Å². The van der Waals surface area contributed by atoms with Crippen LogP contribution in [0.1, 0.15) is 5.56 Å². The number of piperazine rings is 1. The number of rotatable bonds is 2. The number of hydrogen-bond donors (Lipinski definition) is 2. The van der Waals surface area contributed by atoms with Crippen LogP contribution in [0.3, 0.4) is 0 Å². The molecule has 1 heterocycles. The number of carboxylic acids is 1. The SMILES string of the molecule is Cc1ccc(Cl)cc1N1CC(C(=O)O)NCC1=O. The van der Waals surface area contributed by atoms with Crippen LogP contribution in [0.15, 0.2) is 18.2 Å². The number of benzene rings is 1. The minimum absolute atomic E-state index is 0.0168. The normalized spacial score (nSPS) is 20.0. The fourth-order valence-corrected chi connectivity index (χ4v) is 2.09. The monoisotopic (exact) mass is 268 g/mol. The molecule has 1 aromatic carbocycles. The van der Waals surface area contributed by atoms with Gasteiger partial charge in [0.25, 0.3) is 0 Å². The van der Waals surface area contributed by atoms with Crippen molar-refractivity contribution in [3.8, 4) is 0 Å². The average molecular weight is 269 g/mol. The molecule has 6 heteroatoms. The second-order valence-electron chi connectivity index (χ2n) is 4.21. The quantitative estimate of drug-likeness (QED) is 0.841. The van der Waals surface area contributed by atoms with Gasteiger partial charge < -0.3 is 10.0 Å². The van der Waals surface area contributed by atoms with E-state index in [2.05, 4.69) is 5.32 Å². The smallest absolute Gasteiger partial charge is 0.322 e. The van der Waals surface area contributed by atoms with Gasteiger partial charge in [-0.15, -0.1) is 0 Å². The molecule has 0 aromatic heterocycles. The summed E-state index contributed by atoms with van der Waals surface area (Å²) in [6.07, 6.45) is 0. The predicted molar refractivity (Wildman–Crippen MR) is 68.0 cm³/mol. The van der Waals surface area contributed by atoms with Crippen molar-refractivity contribution in [3.05, 3.63) is 28.8 Å². The van der Waals surface area contributed by atoms with Crippen molar-refractivity contribution in [2.45, 2.75) is 13.0 Å². The van der Waals surface area contributed by atoms with Gasteiger partial charge in [0.15, 0.2) is 0 Å². The number of aliphatic carboxylic acids is 1.